The lowest BCUT2D eigenvalue weighted by Gasteiger charge is -2.27. The molecule has 140 heavy (non-hydrogen) atoms. The predicted molar refractivity (Wildman–Crippen MR) is 531 cm³/mol. The molecule has 4 aromatic carbocycles. The van der Waals surface area contributed by atoms with Crippen LogP contribution in [0.4, 0.5) is 66.7 Å². The molecule has 27 nitrogen and oxygen atoms in total. The van der Waals surface area contributed by atoms with Crippen molar-refractivity contribution in [3.63, 3.8) is 0 Å². The van der Waals surface area contributed by atoms with Gasteiger partial charge in [-0.15, -0.1) is 40.8 Å². The molecule has 7 aromatic heterocycles. The Morgan fingerprint density at radius 3 is 1.05 bits per heavy atom. The van der Waals surface area contributed by atoms with E-state index in [4.69, 9.17) is 11.5 Å². The molecule has 0 amide bonds. The van der Waals surface area contributed by atoms with Gasteiger partial charge in [0.15, 0.2) is 78.8 Å². The van der Waals surface area contributed by atoms with Crippen LogP contribution in [0.3, 0.4) is 0 Å². The van der Waals surface area contributed by atoms with Crippen molar-refractivity contribution in [2.75, 3.05) is 154 Å². The van der Waals surface area contributed by atoms with E-state index in [0.29, 0.717) is 78.0 Å². The molecule has 0 saturated carbocycles. The van der Waals surface area contributed by atoms with E-state index in [0.717, 1.165) is 261 Å². The fourth-order valence-corrected chi connectivity index (χ4v) is 23.9. The molecule has 16 heterocycles. The molecule has 0 spiro atoms. The van der Waals surface area contributed by atoms with Crippen LogP contribution >= 0.6 is 47.0 Å². The third-order valence-corrected chi connectivity index (χ3v) is 32.2. The van der Waals surface area contributed by atoms with E-state index in [-0.39, 0.29) is 46.6 Å². The van der Waals surface area contributed by atoms with Crippen LogP contribution in [-0.4, -0.2) is 257 Å². The SMILES string of the molecule is C=C(N)c1ccc(-c2nnc(SCCCN3C[C@@H]4CCN(c5c(F)cc(F)cc5F)[C@@H]4C3)n2C)cn1.C=C(N)c1ccc(-c2nnc(SCCCN3C[C@H]4CCN(c5c(F)cc(F)cc5F)[C@H]4C3)n2C)cn1.C=C1C=C(c2nnc(SCCCN3CC4CCN(c5c(F)cc(F)cc5F)C4C3)n2C)C=CN1C.Cn1c(SCCCN2CC3CCN(c4ccc(F)cc4)C3C2)nnc1-c1ccn(C)c(=O)c1. The number of likely N-dealkylation sites (N-methyl/N-ethyl adjacent to an activating group) is 1. The van der Waals surface area contributed by atoms with Crippen molar-refractivity contribution in [1.82, 2.24) is 98.1 Å². The van der Waals surface area contributed by atoms with E-state index in [9.17, 15) is 48.7 Å². The maximum Gasteiger partial charge on any atom is 0.250 e. The van der Waals surface area contributed by atoms with Crippen molar-refractivity contribution < 1.29 is 43.9 Å². The van der Waals surface area contributed by atoms with E-state index in [1.165, 1.54) is 6.42 Å². The number of fused-ring (bicyclic) bond motifs is 4. The predicted octanol–water partition coefficient (Wildman–Crippen LogP) is 15.1. The van der Waals surface area contributed by atoms with Gasteiger partial charge in [0.2, 0.25) is 0 Å². The zero-order chi connectivity index (χ0) is 98.4. The topological polar surface area (TPSA) is 252 Å². The number of allylic oxidation sites excluding steroid dienone is 3. The van der Waals surface area contributed by atoms with Crippen LogP contribution < -0.4 is 36.6 Å². The van der Waals surface area contributed by atoms with Gasteiger partial charge < -0.3 is 78.4 Å². The molecule has 8 fully saturated rings. The second kappa shape index (κ2) is 44.4. The molecule has 20 rings (SSSR count). The Balaban J connectivity index is 0.000000129. The van der Waals surface area contributed by atoms with Crippen molar-refractivity contribution in [1.29, 1.82) is 0 Å². The number of nitrogens with two attached hydrogens (primary N) is 2. The van der Waals surface area contributed by atoms with Gasteiger partial charge in [0, 0.05) is 269 Å². The third kappa shape index (κ3) is 22.7. The molecule has 11 aromatic rings. The molecule has 9 aliphatic rings. The summed E-state index contributed by atoms with van der Waals surface area (Å²) in [5.41, 5.74) is 18.6. The number of pyridine rings is 3. The third-order valence-electron chi connectivity index (χ3n) is 27.8. The van der Waals surface area contributed by atoms with Crippen LogP contribution in [0.25, 0.3) is 51.1 Å². The summed E-state index contributed by atoms with van der Waals surface area (Å²) in [6, 6.07) is 23.1. The van der Waals surface area contributed by atoms with Crippen molar-refractivity contribution >= 4 is 86.8 Å². The maximum atomic E-state index is 14.4. The van der Waals surface area contributed by atoms with E-state index in [1.54, 1.807) is 110 Å². The molecule has 9 aliphatic heterocycles. The highest BCUT2D eigenvalue weighted by molar-refractivity contribution is 7.99. The van der Waals surface area contributed by atoms with Gasteiger partial charge in [-0.2, -0.15) is 0 Å². The quantitative estimate of drug-likeness (QED) is 0.0241. The fourth-order valence-electron chi connectivity index (χ4n) is 20.6. The minimum absolute atomic E-state index is 0.0462. The van der Waals surface area contributed by atoms with Crippen LogP contribution in [0.2, 0.25) is 0 Å². The number of hydrogen-bond acceptors (Lipinski definition) is 26. The van der Waals surface area contributed by atoms with E-state index in [2.05, 4.69) is 95.0 Å². The lowest BCUT2D eigenvalue weighted by molar-refractivity contribution is 0.318. The number of aryl methyl sites for hydroxylation is 1. The van der Waals surface area contributed by atoms with Crippen LogP contribution in [0.1, 0.15) is 68.6 Å². The summed E-state index contributed by atoms with van der Waals surface area (Å²) >= 11 is 6.66. The standard InChI is InChI=1S/2C25H28F3N7S.C25H29F3N6S.C24H29FN6OS/c2*1-15(29)21-5-4-16(12-30-21)24-31-32-25(33(24)2)36-9-3-7-34-13-17-6-8-35(22(17)14-34)23-19(27)10-18(26)11-20(23)28;1-16-11-17(5-8-31(16)2)24-29-30-25(32(24)3)35-10-4-7-33-14-18-6-9-34(22(18)15-33)23-20(27)12-19(26)13-21(23)28;1-28-11-8-17(14-22(28)32)23-26-27-24(29(23)2)33-13-3-10-30-15-18-9-12-31(21(18)16-30)20-6-4-19(25)5-7-20/h2*4-5,10-12,17,22H,1,3,6-9,13-14,29H2,2H3;5,8,11-13,18,22H,1,4,6-7,9-10,14-15H2,2-3H3;4-8,11,14,18,21H,3,9-10,12-13,15-16H2,1-2H3/t2*17-,22+;;/m10../s1. The number of thioether (sulfide) groups is 4. The van der Waals surface area contributed by atoms with Gasteiger partial charge >= 0.3 is 0 Å². The second-order valence-electron chi connectivity index (χ2n) is 37.0. The summed E-state index contributed by atoms with van der Waals surface area (Å²) in [5.74, 6) is 0.558. The smallest absolute Gasteiger partial charge is 0.250 e. The second-order valence-corrected chi connectivity index (χ2v) is 41.2. The first-order valence-corrected chi connectivity index (χ1v) is 50.9. The largest absolute Gasteiger partial charge is 0.397 e. The van der Waals surface area contributed by atoms with Gasteiger partial charge in [-0.3, -0.25) is 14.8 Å². The summed E-state index contributed by atoms with van der Waals surface area (Å²) in [4.78, 5) is 40.0. The molecule has 8 atom stereocenters. The van der Waals surface area contributed by atoms with Crippen molar-refractivity contribution in [3.8, 4) is 34.2 Å². The molecule has 41 heteroatoms. The molecule has 0 radical (unpaired) electrons. The van der Waals surface area contributed by atoms with Crippen molar-refractivity contribution in [2.24, 2.45) is 70.4 Å². The van der Waals surface area contributed by atoms with Crippen molar-refractivity contribution in [2.45, 2.75) is 96.2 Å². The van der Waals surface area contributed by atoms with E-state index in [1.807, 2.05) is 119 Å². The first-order valence-electron chi connectivity index (χ1n) is 47.0. The molecule has 4 N–H and O–H groups in total. The lowest BCUT2D eigenvalue weighted by atomic mass is 10.0. The fraction of sp³-hybridized carbons (Fsp3) is 0.424. The van der Waals surface area contributed by atoms with Gasteiger partial charge in [-0.1, -0.05) is 66.8 Å². The van der Waals surface area contributed by atoms with Gasteiger partial charge in [0.05, 0.1) is 22.8 Å². The molecule has 4 unspecified atom stereocenters. The number of halogens is 10. The summed E-state index contributed by atoms with van der Waals surface area (Å²) in [6.07, 6.45) is 18.9. The molecule has 0 bridgehead atoms. The Kier molecular flexibility index (Phi) is 31.7. The molecule has 8 saturated heterocycles. The zero-order valence-electron chi connectivity index (χ0n) is 78.9. The van der Waals surface area contributed by atoms with Crippen LogP contribution in [0, 0.1) is 81.8 Å². The van der Waals surface area contributed by atoms with Gasteiger partial charge in [-0.05, 0) is 168 Å². The highest BCUT2D eigenvalue weighted by Crippen LogP contribution is 2.44. The molecule has 740 valence electrons. The number of hydrogen-bond donors (Lipinski definition) is 2. The first-order chi connectivity index (χ1) is 67.4. The molecular weight excluding hydrogens is 1890 g/mol. The number of rotatable bonds is 30. The summed E-state index contributed by atoms with van der Waals surface area (Å²) in [7, 11) is 11.5. The average molecular weight is 2000 g/mol. The number of likely N-dealkylation sites (tertiary alicyclic amines) is 4. The maximum absolute atomic E-state index is 14.4. The van der Waals surface area contributed by atoms with Gasteiger partial charge in [0.25, 0.3) is 5.56 Å². The molecule has 0 aliphatic carbocycles. The Hall–Kier alpha value is -11.5. The van der Waals surface area contributed by atoms with E-state index >= 15 is 0 Å². The monoisotopic (exact) mass is 2000 g/mol. The lowest BCUT2D eigenvalue weighted by Crippen LogP contribution is -2.36. The van der Waals surface area contributed by atoms with Crippen LogP contribution in [-0.2, 0) is 35.2 Å². The van der Waals surface area contributed by atoms with Gasteiger partial charge in [0.1, 0.15) is 40.3 Å². The van der Waals surface area contributed by atoms with Gasteiger partial charge in [-0.25, -0.2) is 43.9 Å². The average Bonchev–Trinajstić information content (AvgIpc) is 1.62. The summed E-state index contributed by atoms with van der Waals surface area (Å²) in [5, 5.41) is 38.0. The number of anilines is 4. The number of aromatic nitrogens is 15. The Morgan fingerprint density at radius 2 is 0.721 bits per heavy atom. The number of nitrogens with zero attached hydrogens (tertiary/aromatic N) is 24. The molecular formula is C99H114F10N26OS4. The minimum Gasteiger partial charge on any atom is -0.397 e. The Bertz CT molecular complexity index is 6150. The summed E-state index contributed by atoms with van der Waals surface area (Å²) in [6.45, 7) is 25.2. The minimum atomic E-state index is -0.891. The Labute approximate surface area is 824 Å². The highest BCUT2D eigenvalue weighted by atomic mass is 32.2. The highest BCUT2D eigenvalue weighted by Gasteiger charge is 2.47. The van der Waals surface area contributed by atoms with Crippen LogP contribution in [0.15, 0.2) is 185 Å². The van der Waals surface area contributed by atoms with E-state index < -0.39 is 52.4 Å². The van der Waals surface area contributed by atoms with Crippen molar-refractivity contribution in [3.05, 3.63) is 245 Å². The van der Waals surface area contributed by atoms with Crippen LogP contribution in [0.5, 0.6) is 0 Å². The Morgan fingerprint density at radius 1 is 0.393 bits per heavy atom. The summed E-state index contributed by atoms with van der Waals surface area (Å²) < 4.78 is 149. The number of benzene rings is 4. The zero-order valence-corrected chi connectivity index (χ0v) is 82.2. The normalized spacial score (nSPS) is 20.6. The first kappa shape index (κ1) is 100.